The first-order valence-electron chi connectivity index (χ1n) is 10.7. The number of hydrogen-bond donors (Lipinski definition) is 0. The lowest BCUT2D eigenvalue weighted by Gasteiger charge is -2.53. The van der Waals surface area contributed by atoms with Gasteiger partial charge in [-0.1, -0.05) is 39.0 Å². The molecular weight excluding hydrogens is 328 g/mol. The zero-order chi connectivity index (χ0) is 18.4. The van der Waals surface area contributed by atoms with Gasteiger partial charge in [0.25, 0.3) is 0 Å². The third-order valence-corrected chi connectivity index (χ3v) is 6.49. The summed E-state index contributed by atoms with van der Waals surface area (Å²) in [6.45, 7) is 2.63. The van der Waals surface area contributed by atoms with Crippen molar-refractivity contribution in [2.45, 2.75) is 83.7 Å². The van der Waals surface area contributed by atoms with Gasteiger partial charge in [0.1, 0.15) is 6.10 Å². The van der Waals surface area contributed by atoms with E-state index in [1.807, 2.05) is 0 Å². The van der Waals surface area contributed by atoms with Crippen LogP contribution in [0.2, 0.25) is 0 Å². The molecule has 4 heteroatoms. The van der Waals surface area contributed by atoms with Crippen LogP contribution in [-0.2, 0) is 19.1 Å². The fraction of sp³-hybridized carbons (Fsp3) is 0.818. The van der Waals surface area contributed by atoms with E-state index in [1.165, 1.54) is 69.9 Å². The number of rotatable bonds is 10. The summed E-state index contributed by atoms with van der Waals surface area (Å²) in [5, 5.41) is 0. The molecule has 0 radical (unpaired) electrons. The Bertz CT molecular complexity index is 482. The van der Waals surface area contributed by atoms with Crippen molar-refractivity contribution in [1.29, 1.82) is 0 Å². The molecule has 4 nitrogen and oxygen atoms in total. The minimum absolute atomic E-state index is 0.0686. The van der Waals surface area contributed by atoms with Crippen LogP contribution in [0.25, 0.3) is 0 Å². The summed E-state index contributed by atoms with van der Waals surface area (Å²) in [4.78, 5) is 23.8. The van der Waals surface area contributed by atoms with Crippen molar-refractivity contribution in [3.05, 3.63) is 12.2 Å². The average Bonchev–Trinajstić information content (AvgIpc) is 2.61. The van der Waals surface area contributed by atoms with Crippen LogP contribution in [0.1, 0.15) is 77.6 Å². The van der Waals surface area contributed by atoms with E-state index in [9.17, 15) is 9.59 Å². The molecule has 4 saturated carbocycles. The first kappa shape index (κ1) is 19.4. The Balaban J connectivity index is 1.31. The average molecular weight is 363 g/mol. The van der Waals surface area contributed by atoms with Gasteiger partial charge >= 0.3 is 11.9 Å². The third-order valence-electron chi connectivity index (χ3n) is 6.49. The first-order chi connectivity index (χ1) is 12.7. The van der Waals surface area contributed by atoms with Crippen LogP contribution in [-0.4, -0.2) is 24.6 Å². The second-order valence-corrected chi connectivity index (χ2v) is 8.60. The number of esters is 2. The van der Waals surface area contributed by atoms with Gasteiger partial charge in [-0.3, -0.25) is 0 Å². The molecule has 0 spiro atoms. The van der Waals surface area contributed by atoms with E-state index in [0.717, 1.165) is 24.7 Å². The number of ether oxygens (including phenoxy) is 2. The number of carbonyl (C=O) groups is 2. The Morgan fingerprint density at radius 1 is 0.808 bits per heavy atom. The van der Waals surface area contributed by atoms with E-state index in [-0.39, 0.29) is 12.1 Å². The fourth-order valence-corrected chi connectivity index (χ4v) is 5.48. The van der Waals surface area contributed by atoms with Crippen LogP contribution in [0.4, 0.5) is 0 Å². The van der Waals surface area contributed by atoms with Crippen LogP contribution in [0.15, 0.2) is 12.2 Å². The predicted octanol–water partition coefficient (Wildman–Crippen LogP) is 4.81. The summed E-state index contributed by atoms with van der Waals surface area (Å²) in [5.41, 5.74) is 0. The lowest BCUT2D eigenvalue weighted by molar-refractivity contribution is -0.165. The highest BCUT2D eigenvalue weighted by atomic mass is 16.5. The molecule has 0 aromatic rings. The van der Waals surface area contributed by atoms with Crippen molar-refractivity contribution >= 4 is 11.9 Å². The molecule has 4 bridgehead atoms. The molecular formula is C22H34O4. The lowest BCUT2D eigenvalue weighted by atomic mass is 9.55. The molecule has 0 saturated heterocycles. The van der Waals surface area contributed by atoms with Gasteiger partial charge in [0.15, 0.2) is 0 Å². The summed E-state index contributed by atoms with van der Waals surface area (Å²) in [6, 6.07) is 0. The molecule has 0 heterocycles. The minimum Gasteiger partial charge on any atom is -0.463 e. The summed E-state index contributed by atoms with van der Waals surface area (Å²) in [5.74, 6) is 1.98. The molecule has 0 amide bonds. The van der Waals surface area contributed by atoms with Crippen molar-refractivity contribution in [3.8, 4) is 0 Å². The number of hydrogen-bond acceptors (Lipinski definition) is 4. The van der Waals surface area contributed by atoms with Crippen LogP contribution in [0.3, 0.4) is 0 Å². The first-order valence-corrected chi connectivity index (χ1v) is 10.7. The van der Waals surface area contributed by atoms with Crippen LogP contribution in [0.5, 0.6) is 0 Å². The maximum absolute atomic E-state index is 12.1. The van der Waals surface area contributed by atoms with Gasteiger partial charge in [-0.2, -0.15) is 0 Å². The molecule has 4 rings (SSSR count). The monoisotopic (exact) mass is 362 g/mol. The summed E-state index contributed by atoms with van der Waals surface area (Å²) in [7, 11) is 0. The van der Waals surface area contributed by atoms with Crippen molar-refractivity contribution in [1.82, 2.24) is 0 Å². The van der Waals surface area contributed by atoms with Gasteiger partial charge in [-0.15, -0.1) is 0 Å². The normalized spacial score (nSPS) is 32.1. The summed E-state index contributed by atoms with van der Waals surface area (Å²) >= 11 is 0. The largest absolute Gasteiger partial charge is 0.463 e. The molecule has 0 atom stereocenters. The van der Waals surface area contributed by atoms with Gasteiger partial charge in [-0.25, -0.2) is 9.59 Å². The highest BCUT2D eigenvalue weighted by Crippen LogP contribution is 2.54. The second-order valence-electron chi connectivity index (χ2n) is 8.60. The maximum atomic E-state index is 12.1. The van der Waals surface area contributed by atoms with E-state index >= 15 is 0 Å². The molecule has 0 aromatic heterocycles. The minimum atomic E-state index is -0.444. The van der Waals surface area contributed by atoms with E-state index in [2.05, 4.69) is 6.92 Å². The Morgan fingerprint density at radius 3 is 2.04 bits per heavy atom. The Kier molecular flexibility index (Phi) is 7.15. The van der Waals surface area contributed by atoms with Gasteiger partial charge in [0.05, 0.1) is 6.61 Å². The van der Waals surface area contributed by atoms with E-state index in [1.54, 1.807) is 0 Å². The molecule has 26 heavy (non-hydrogen) atoms. The molecule has 4 aliphatic carbocycles. The van der Waals surface area contributed by atoms with Gasteiger partial charge in [-0.05, 0) is 62.2 Å². The Labute approximate surface area is 157 Å². The van der Waals surface area contributed by atoms with Crippen LogP contribution < -0.4 is 0 Å². The fourth-order valence-electron chi connectivity index (χ4n) is 5.48. The van der Waals surface area contributed by atoms with E-state index < -0.39 is 5.97 Å². The predicted molar refractivity (Wildman–Crippen MR) is 100 cm³/mol. The number of unbranched alkanes of at least 4 members (excludes halogenated alkanes) is 5. The van der Waals surface area contributed by atoms with Crippen LogP contribution in [0, 0.1) is 23.7 Å². The highest BCUT2D eigenvalue weighted by Gasteiger charge is 2.49. The smallest absolute Gasteiger partial charge is 0.331 e. The zero-order valence-corrected chi connectivity index (χ0v) is 16.2. The molecule has 146 valence electrons. The van der Waals surface area contributed by atoms with Crippen molar-refractivity contribution in [2.24, 2.45) is 23.7 Å². The van der Waals surface area contributed by atoms with Gasteiger partial charge in [0, 0.05) is 12.2 Å². The summed E-state index contributed by atoms with van der Waals surface area (Å²) < 4.78 is 10.9. The zero-order valence-electron chi connectivity index (χ0n) is 16.2. The Hall–Kier alpha value is -1.32. The topological polar surface area (TPSA) is 52.6 Å². The molecule has 4 fully saturated rings. The van der Waals surface area contributed by atoms with Gasteiger partial charge < -0.3 is 9.47 Å². The van der Waals surface area contributed by atoms with Crippen molar-refractivity contribution in [2.75, 3.05) is 6.61 Å². The standard InChI is InChI=1S/C22H34O4/c1-2-3-4-5-6-7-10-25-20(23)8-9-21(24)26-22-18-12-16-11-17(14-18)15-19(22)13-16/h8-9,16-19,22H,2-7,10-15H2,1H3/b9-8+. The maximum Gasteiger partial charge on any atom is 0.331 e. The SMILES string of the molecule is CCCCCCCCOC(=O)/C=C/C(=O)OC1C2CC3CC(C2)CC1C3. The van der Waals surface area contributed by atoms with Crippen molar-refractivity contribution < 1.29 is 19.1 Å². The molecule has 0 unspecified atom stereocenters. The molecule has 4 aliphatic rings. The Morgan fingerprint density at radius 2 is 1.38 bits per heavy atom. The lowest BCUT2D eigenvalue weighted by Crippen LogP contribution is -2.49. The number of carbonyl (C=O) groups excluding carboxylic acids is 2. The quantitative estimate of drug-likeness (QED) is 0.318. The van der Waals surface area contributed by atoms with E-state index in [0.29, 0.717) is 18.4 Å². The third kappa shape index (κ3) is 5.34. The molecule has 0 aliphatic heterocycles. The highest BCUT2D eigenvalue weighted by molar-refractivity contribution is 5.91. The van der Waals surface area contributed by atoms with E-state index in [4.69, 9.17) is 9.47 Å². The molecule has 0 aromatic carbocycles. The van der Waals surface area contributed by atoms with Crippen LogP contribution >= 0.6 is 0 Å². The molecule has 0 N–H and O–H groups in total. The van der Waals surface area contributed by atoms with Crippen molar-refractivity contribution in [3.63, 3.8) is 0 Å². The van der Waals surface area contributed by atoms with Gasteiger partial charge in [0.2, 0.25) is 0 Å². The summed E-state index contributed by atoms with van der Waals surface area (Å²) in [6.07, 6.45) is 15.7. The second kappa shape index (κ2) is 9.57.